The van der Waals surface area contributed by atoms with Crippen molar-refractivity contribution in [2.24, 2.45) is 5.92 Å². The summed E-state index contributed by atoms with van der Waals surface area (Å²) in [5.41, 5.74) is 0. The van der Waals surface area contributed by atoms with Crippen molar-refractivity contribution >= 4 is 5.97 Å². The summed E-state index contributed by atoms with van der Waals surface area (Å²) >= 11 is 0. The van der Waals surface area contributed by atoms with Crippen molar-refractivity contribution in [3.8, 4) is 0 Å². The van der Waals surface area contributed by atoms with Crippen molar-refractivity contribution in [3.63, 3.8) is 0 Å². The van der Waals surface area contributed by atoms with Crippen LogP contribution in [0.15, 0.2) is 0 Å². The summed E-state index contributed by atoms with van der Waals surface area (Å²) in [6.07, 6.45) is 33.9. The second-order valence-electron chi connectivity index (χ2n) is 10.9. The van der Waals surface area contributed by atoms with Gasteiger partial charge >= 0.3 is 5.97 Å². The molecular weight excluding hydrogens is 416 g/mol. The Morgan fingerprint density at radius 2 is 0.794 bits per heavy atom. The molecule has 0 spiro atoms. The van der Waals surface area contributed by atoms with E-state index in [1.807, 2.05) is 0 Å². The molecule has 1 unspecified atom stereocenters. The Labute approximate surface area is 215 Å². The van der Waals surface area contributed by atoms with Gasteiger partial charge in [-0.05, 0) is 25.2 Å². The summed E-state index contributed by atoms with van der Waals surface area (Å²) in [4.78, 5) is 12.3. The lowest BCUT2D eigenvalue weighted by Gasteiger charge is -2.17. The molecule has 2 nitrogen and oxygen atoms in total. The van der Waals surface area contributed by atoms with Crippen molar-refractivity contribution in [1.29, 1.82) is 0 Å². The minimum atomic E-state index is 0.0459. The number of esters is 1. The molecule has 0 aromatic carbocycles. The molecule has 0 fully saturated rings. The zero-order chi connectivity index (χ0) is 25.0. The first-order valence-electron chi connectivity index (χ1n) is 15.9. The fourth-order valence-electron chi connectivity index (χ4n) is 4.95. The molecule has 0 saturated heterocycles. The van der Waals surface area contributed by atoms with E-state index >= 15 is 0 Å². The van der Waals surface area contributed by atoms with Crippen LogP contribution in [0.2, 0.25) is 0 Å². The van der Waals surface area contributed by atoms with Crippen LogP contribution >= 0.6 is 0 Å². The largest absolute Gasteiger partial charge is 0.465 e. The average Bonchev–Trinajstić information content (AvgIpc) is 2.84. The molecule has 0 bridgehead atoms. The third kappa shape index (κ3) is 26.1. The first-order chi connectivity index (χ1) is 16.7. The third-order valence-corrected chi connectivity index (χ3v) is 7.40. The first kappa shape index (κ1) is 33.5. The molecule has 0 aromatic heterocycles. The number of carbonyl (C=O) groups excluding carboxylic acids is 1. The minimum absolute atomic E-state index is 0.0459. The van der Waals surface area contributed by atoms with Crippen molar-refractivity contribution in [1.82, 2.24) is 0 Å². The lowest BCUT2D eigenvalue weighted by atomic mass is 9.95. The number of unbranched alkanes of at least 4 members (excludes halogenated alkanes) is 20. The van der Waals surface area contributed by atoms with E-state index < -0.39 is 0 Å². The molecule has 0 aliphatic heterocycles. The maximum atomic E-state index is 12.3. The Morgan fingerprint density at radius 3 is 1.21 bits per heavy atom. The van der Waals surface area contributed by atoms with Crippen LogP contribution in [-0.2, 0) is 9.53 Å². The molecule has 0 heterocycles. The van der Waals surface area contributed by atoms with E-state index in [4.69, 9.17) is 4.74 Å². The Balaban J connectivity index is 3.71. The number of hydrogen-bond donors (Lipinski definition) is 0. The maximum Gasteiger partial charge on any atom is 0.305 e. The summed E-state index contributed by atoms with van der Waals surface area (Å²) in [7, 11) is 0. The molecular formula is C32H64O2. The topological polar surface area (TPSA) is 26.3 Å². The van der Waals surface area contributed by atoms with Gasteiger partial charge in [-0.25, -0.2) is 0 Å². The summed E-state index contributed by atoms with van der Waals surface area (Å²) in [5, 5.41) is 0. The van der Waals surface area contributed by atoms with Gasteiger partial charge in [0.1, 0.15) is 0 Å². The van der Waals surface area contributed by atoms with Gasteiger partial charge in [0.2, 0.25) is 0 Å². The van der Waals surface area contributed by atoms with Gasteiger partial charge < -0.3 is 4.74 Å². The summed E-state index contributed by atoms with van der Waals surface area (Å²) in [5.74, 6) is 0.628. The molecule has 0 amide bonds. The molecule has 0 N–H and O–H groups in total. The normalized spacial score (nSPS) is 12.2. The Morgan fingerprint density at radius 1 is 0.471 bits per heavy atom. The van der Waals surface area contributed by atoms with E-state index in [2.05, 4.69) is 20.8 Å². The highest BCUT2D eigenvalue weighted by atomic mass is 16.5. The fraction of sp³-hybridized carbons (Fsp3) is 0.969. The lowest BCUT2D eigenvalue weighted by Crippen LogP contribution is -2.14. The second-order valence-corrected chi connectivity index (χ2v) is 10.9. The zero-order valence-electron chi connectivity index (χ0n) is 24.0. The molecule has 0 aliphatic carbocycles. The predicted octanol–water partition coefficient (Wildman–Crippen LogP) is 11.3. The molecule has 34 heavy (non-hydrogen) atoms. The number of carbonyl (C=O) groups is 1. The summed E-state index contributed by atoms with van der Waals surface area (Å²) in [6, 6.07) is 0. The van der Waals surface area contributed by atoms with Gasteiger partial charge in [0.05, 0.1) is 6.61 Å². The quantitative estimate of drug-likeness (QED) is 0.0821. The van der Waals surface area contributed by atoms with E-state index in [-0.39, 0.29) is 5.97 Å². The van der Waals surface area contributed by atoms with Crippen molar-refractivity contribution in [2.45, 2.75) is 188 Å². The molecule has 1 atom stereocenters. The van der Waals surface area contributed by atoms with E-state index in [1.165, 1.54) is 154 Å². The van der Waals surface area contributed by atoms with E-state index in [0.29, 0.717) is 18.9 Å². The molecule has 2 heteroatoms. The number of rotatable bonds is 28. The summed E-state index contributed by atoms with van der Waals surface area (Å²) < 4.78 is 5.72. The van der Waals surface area contributed by atoms with Gasteiger partial charge in [-0.1, -0.05) is 162 Å². The molecule has 0 aliphatic rings. The van der Waals surface area contributed by atoms with Gasteiger partial charge in [0.15, 0.2) is 0 Å². The van der Waals surface area contributed by atoms with Crippen molar-refractivity contribution in [3.05, 3.63) is 0 Å². The van der Waals surface area contributed by atoms with Gasteiger partial charge in [-0.3, -0.25) is 4.79 Å². The van der Waals surface area contributed by atoms with E-state index in [0.717, 1.165) is 6.42 Å². The lowest BCUT2D eigenvalue weighted by molar-refractivity contribution is -0.145. The predicted molar refractivity (Wildman–Crippen MR) is 152 cm³/mol. The molecule has 0 aromatic rings. The molecule has 0 radical (unpaired) electrons. The number of ether oxygens (including phenoxy) is 1. The first-order valence-corrected chi connectivity index (χ1v) is 15.9. The third-order valence-electron chi connectivity index (χ3n) is 7.40. The average molecular weight is 481 g/mol. The highest BCUT2D eigenvalue weighted by Crippen LogP contribution is 2.20. The smallest absolute Gasteiger partial charge is 0.305 e. The van der Waals surface area contributed by atoms with Gasteiger partial charge in [-0.2, -0.15) is 0 Å². The van der Waals surface area contributed by atoms with Crippen LogP contribution in [0.4, 0.5) is 0 Å². The van der Waals surface area contributed by atoms with Crippen LogP contribution in [0, 0.1) is 5.92 Å². The van der Waals surface area contributed by atoms with Gasteiger partial charge in [0.25, 0.3) is 0 Å². The summed E-state index contributed by atoms with van der Waals surface area (Å²) in [6.45, 7) is 7.50. The van der Waals surface area contributed by atoms with Crippen LogP contribution in [0.1, 0.15) is 188 Å². The Hall–Kier alpha value is -0.530. The van der Waals surface area contributed by atoms with Crippen LogP contribution in [0.25, 0.3) is 0 Å². The van der Waals surface area contributed by atoms with Crippen LogP contribution < -0.4 is 0 Å². The second kappa shape index (κ2) is 28.7. The van der Waals surface area contributed by atoms with Crippen molar-refractivity contribution < 1.29 is 9.53 Å². The number of hydrogen-bond acceptors (Lipinski definition) is 2. The van der Waals surface area contributed by atoms with Crippen LogP contribution in [0.3, 0.4) is 0 Å². The Bertz CT molecular complexity index is 392. The fourth-order valence-corrected chi connectivity index (χ4v) is 4.95. The van der Waals surface area contributed by atoms with Gasteiger partial charge in [0, 0.05) is 6.42 Å². The van der Waals surface area contributed by atoms with Gasteiger partial charge in [-0.15, -0.1) is 0 Å². The zero-order valence-corrected chi connectivity index (χ0v) is 24.0. The van der Waals surface area contributed by atoms with E-state index in [1.54, 1.807) is 0 Å². The SMILES string of the molecule is CCCCCCCCCCCCCCCC(=O)OCC(CCCCCC)CCCCCCCC. The van der Waals surface area contributed by atoms with Crippen LogP contribution in [-0.4, -0.2) is 12.6 Å². The Kier molecular flexibility index (Phi) is 28.3. The molecule has 0 saturated carbocycles. The standard InChI is InChI=1S/C32H64O2/c1-4-7-10-13-15-16-17-18-19-20-21-23-26-29-32(33)34-30-31(27-24-12-9-6-3)28-25-22-14-11-8-5-2/h31H,4-30H2,1-3H3. The highest BCUT2D eigenvalue weighted by Gasteiger charge is 2.12. The molecule has 204 valence electrons. The minimum Gasteiger partial charge on any atom is -0.465 e. The monoisotopic (exact) mass is 480 g/mol. The van der Waals surface area contributed by atoms with Crippen LogP contribution in [0.5, 0.6) is 0 Å². The van der Waals surface area contributed by atoms with E-state index in [9.17, 15) is 4.79 Å². The van der Waals surface area contributed by atoms with Crippen molar-refractivity contribution in [2.75, 3.05) is 6.61 Å². The maximum absolute atomic E-state index is 12.3. The highest BCUT2D eigenvalue weighted by molar-refractivity contribution is 5.69. The molecule has 0 rings (SSSR count).